The van der Waals surface area contributed by atoms with Crippen LogP contribution in [0.15, 0.2) is 46.4 Å². The number of phenolic OH excluding ortho intramolecular Hbond substituents is 2. The lowest BCUT2D eigenvalue weighted by Gasteiger charge is -2.27. The summed E-state index contributed by atoms with van der Waals surface area (Å²) in [7, 11) is 0. The van der Waals surface area contributed by atoms with Gasteiger partial charge in [0.15, 0.2) is 11.4 Å². The van der Waals surface area contributed by atoms with Crippen LogP contribution in [0.2, 0.25) is 0 Å². The molecule has 0 radical (unpaired) electrons. The van der Waals surface area contributed by atoms with Crippen molar-refractivity contribution in [1.82, 2.24) is 0 Å². The maximum atomic E-state index is 10.8. The number of aromatic hydroxyl groups is 2. The molecule has 0 bridgehead atoms. The zero-order valence-electron chi connectivity index (χ0n) is 13.3. The average molecular weight is 318 g/mol. The molecular formula is C20H18N2O2. The van der Waals surface area contributed by atoms with Crippen molar-refractivity contribution in [2.75, 3.05) is 0 Å². The number of rotatable bonds is 0. The maximum absolute atomic E-state index is 10.8. The van der Waals surface area contributed by atoms with Gasteiger partial charge >= 0.3 is 0 Å². The largest absolute Gasteiger partial charge is 0.507 e. The molecule has 0 saturated heterocycles. The molecule has 1 heterocycles. The maximum Gasteiger partial charge on any atom is 0.151 e. The molecule has 0 unspecified atom stereocenters. The molecule has 2 N–H and O–H groups in total. The molecule has 1 aliphatic carbocycles. The number of hydrogen-bond acceptors (Lipinski definition) is 4. The fourth-order valence-electron chi connectivity index (χ4n) is 4.11. The number of hydrogen-bond donors (Lipinski definition) is 2. The van der Waals surface area contributed by atoms with E-state index in [0.717, 1.165) is 52.6 Å². The summed E-state index contributed by atoms with van der Waals surface area (Å²) in [6, 6.07) is 11.2. The van der Waals surface area contributed by atoms with Crippen molar-refractivity contribution in [2.45, 2.75) is 37.8 Å². The molecule has 1 spiro atoms. The van der Waals surface area contributed by atoms with E-state index < -0.39 is 0 Å². The van der Waals surface area contributed by atoms with Crippen LogP contribution in [0.5, 0.6) is 11.5 Å². The molecule has 0 aromatic heterocycles. The van der Waals surface area contributed by atoms with Gasteiger partial charge in [-0.15, -0.1) is 0 Å². The van der Waals surface area contributed by atoms with Gasteiger partial charge in [-0.1, -0.05) is 18.6 Å². The van der Waals surface area contributed by atoms with Crippen molar-refractivity contribution < 1.29 is 10.2 Å². The third-order valence-corrected chi connectivity index (χ3v) is 5.34. The molecule has 0 atom stereocenters. The normalized spacial score (nSPS) is 18.5. The summed E-state index contributed by atoms with van der Waals surface area (Å²) in [4.78, 5) is 9.69. The summed E-state index contributed by atoms with van der Waals surface area (Å²) in [5.74, 6) is 0.457. The zero-order chi connectivity index (χ0) is 16.3. The van der Waals surface area contributed by atoms with E-state index in [-0.39, 0.29) is 17.2 Å². The molecule has 2 aliphatic rings. The van der Waals surface area contributed by atoms with Gasteiger partial charge in [0.25, 0.3) is 0 Å². The van der Waals surface area contributed by atoms with Crippen molar-refractivity contribution in [1.29, 1.82) is 0 Å². The summed E-state index contributed by atoms with van der Waals surface area (Å²) in [5, 5.41) is 25.6. The van der Waals surface area contributed by atoms with Gasteiger partial charge in [0.05, 0.1) is 5.36 Å². The first-order valence-corrected chi connectivity index (χ1v) is 8.52. The Labute approximate surface area is 138 Å². The molecule has 3 aromatic carbocycles. The quantitative estimate of drug-likeness (QED) is 0.625. The molecule has 3 aromatic rings. The van der Waals surface area contributed by atoms with Gasteiger partial charge in [0.1, 0.15) is 11.1 Å². The summed E-state index contributed by atoms with van der Waals surface area (Å²) in [6.07, 6.45) is 5.43. The van der Waals surface area contributed by atoms with E-state index in [2.05, 4.69) is 0 Å². The van der Waals surface area contributed by atoms with Crippen LogP contribution in [0.4, 0.5) is 0 Å². The second-order valence-electron chi connectivity index (χ2n) is 6.93. The highest BCUT2D eigenvalue weighted by molar-refractivity contribution is 6.02. The topological polar surface area (TPSA) is 65.2 Å². The van der Waals surface area contributed by atoms with Crippen molar-refractivity contribution in [3.05, 3.63) is 47.1 Å². The number of phenols is 2. The van der Waals surface area contributed by atoms with E-state index in [0.29, 0.717) is 5.36 Å². The summed E-state index contributed by atoms with van der Waals surface area (Å²) in [6.45, 7) is 0. The Morgan fingerprint density at radius 2 is 1.62 bits per heavy atom. The Morgan fingerprint density at radius 1 is 0.833 bits per heavy atom. The Kier molecular flexibility index (Phi) is 2.70. The molecule has 24 heavy (non-hydrogen) atoms. The minimum Gasteiger partial charge on any atom is -0.507 e. The fourth-order valence-corrected chi connectivity index (χ4v) is 4.11. The smallest absolute Gasteiger partial charge is 0.151 e. The summed E-state index contributed by atoms with van der Waals surface area (Å²) < 4.78 is 0. The Balaban J connectivity index is 1.85. The SMILES string of the molecule is Oc1cccc2cc3c(O)c4c(cc3cc12)=NC1(CCCCC1)N=4. The predicted molar refractivity (Wildman–Crippen MR) is 92.9 cm³/mol. The number of nitrogens with zero attached hydrogens (tertiary/aromatic N) is 2. The van der Waals surface area contributed by atoms with Gasteiger partial charge < -0.3 is 10.2 Å². The standard InChI is InChI=1S/C20H18N2O2/c23-17-6-4-5-12-9-15-13(10-14(12)17)11-16-18(19(15)24)22-20(21-16)7-2-1-3-8-20/h4-6,9-11,23-24H,1-3,7-8H2. The lowest BCUT2D eigenvalue weighted by molar-refractivity contribution is 0.308. The van der Waals surface area contributed by atoms with E-state index in [4.69, 9.17) is 9.98 Å². The Hall–Kier alpha value is -2.62. The summed E-state index contributed by atoms with van der Waals surface area (Å²) >= 11 is 0. The van der Waals surface area contributed by atoms with E-state index in [1.54, 1.807) is 6.07 Å². The Bertz CT molecular complexity index is 1110. The zero-order valence-corrected chi connectivity index (χ0v) is 13.3. The van der Waals surface area contributed by atoms with Gasteiger partial charge in [-0.2, -0.15) is 0 Å². The van der Waals surface area contributed by atoms with Crippen LogP contribution >= 0.6 is 0 Å². The third kappa shape index (κ3) is 1.86. The third-order valence-electron chi connectivity index (χ3n) is 5.34. The first-order valence-electron chi connectivity index (χ1n) is 8.52. The number of benzene rings is 3. The van der Waals surface area contributed by atoms with Gasteiger partial charge in [-0.25, -0.2) is 4.99 Å². The second kappa shape index (κ2) is 4.69. The second-order valence-corrected chi connectivity index (χ2v) is 6.93. The van der Waals surface area contributed by atoms with Crippen LogP contribution in [0.1, 0.15) is 32.1 Å². The van der Waals surface area contributed by atoms with Crippen molar-refractivity contribution in [3.8, 4) is 11.5 Å². The van der Waals surface area contributed by atoms with Crippen molar-refractivity contribution in [2.24, 2.45) is 9.98 Å². The van der Waals surface area contributed by atoms with Crippen LogP contribution in [0.3, 0.4) is 0 Å². The van der Waals surface area contributed by atoms with E-state index in [9.17, 15) is 10.2 Å². The van der Waals surface area contributed by atoms with Gasteiger partial charge in [-0.05, 0) is 60.7 Å². The highest BCUT2D eigenvalue weighted by atomic mass is 16.3. The van der Waals surface area contributed by atoms with E-state index in [1.165, 1.54) is 6.42 Å². The van der Waals surface area contributed by atoms with Gasteiger partial charge in [0, 0.05) is 10.8 Å². The van der Waals surface area contributed by atoms with Crippen LogP contribution in [0.25, 0.3) is 21.5 Å². The number of fused-ring (bicyclic) bond motifs is 3. The predicted octanol–water partition coefficient (Wildman–Crippen LogP) is 3.32. The monoisotopic (exact) mass is 318 g/mol. The molecule has 4 heteroatoms. The highest BCUT2D eigenvalue weighted by Gasteiger charge is 2.33. The van der Waals surface area contributed by atoms with E-state index in [1.807, 2.05) is 30.3 Å². The minimum atomic E-state index is -0.364. The fraction of sp³-hybridized carbons (Fsp3) is 0.300. The van der Waals surface area contributed by atoms with E-state index >= 15 is 0 Å². The molecule has 120 valence electrons. The lowest BCUT2D eigenvalue weighted by atomic mass is 9.90. The van der Waals surface area contributed by atoms with Crippen molar-refractivity contribution >= 4 is 21.5 Å². The molecule has 1 saturated carbocycles. The molecular weight excluding hydrogens is 300 g/mol. The van der Waals surface area contributed by atoms with Crippen LogP contribution < -0.4 is 10.7 Å². The first-order chi connectivity index (χ1) is 11.7. The van der Waals surface area contributed by atoms with Crippen LogP contribution in [-0.4, -0.2) is 15.9 Å². The highest BCUT2D eigenvalue weighted by Crippen LogP contribution is 2.35. The molecule has 5 rings (SSSR count). The Morgan fingerprint density at radius 3 is 2.46 bits per heavy atom. The van der Waals surface area contributed by atoms with Crippen LogP contribution in [0, 0.1) is 0 Å². The van der Waals surface area contributed by atoms with Gasteiger partial charge in [-0.3, -0.25) is 4.99 Å². The lowest BCUT2D eigenvalue weighted by Crippen LogP contribution is -2.26. The van der Waals surface area contributed by atoms with Crippen LogP contribution in [-0.2, 0) is 0 Å². The van der Waals surface area contributed by atoms with Crippen molar-refractivity contribution in [3.63, 3.8) is 0 Å². The minimum absolute atomic E-state index is 0.207. The van der Waals surface area contributed by atoms with Gasteiger partial charge in [0.2, 0.25) is 0 Å². The average Bonchev–Trinajstić information content (AvgIpc) is 2.93. The molecule has 1 aliphatic heterocycles. The molecule has 4 nitrogen and oxygen atoms in total. The first kappa shape index (κ1) is 13.8. The molecule has 0 amide bonds. The summed E-state index contributed by atoms with van der Waals surface area (Å²) in [5.41, 5.74) is -0.364. The molecule has 1 fully saturated rings.